The maximum atomic E-state index is 13.4. The van der Waals surface area contributed by atoms with Gasteiger partial charge in [0.2, 0.25) is 5.91 Å². The largest absolute Gasteiger partial charge is 0.480 e. The first-order chi connectivity index (χ1) is 16.1. The predicted octanol–water partition coefficient (Wildman–Crippen LogP) is 2.48. The Kier molecular flexibility index (Phi) is 11.2. The summed E-state index contributed by atoms with van der Waals surface area (Å²) in [6, 6.07) is 6.45. The molecule has 0 radical (unpaired) electrons. The second kappa shape index (κ2) is 13.1. The lowest BCUT2D eigenvalue weighted by Gasteiger charge is -2.33. The number of carbonyl (C=O) groups is 4. The second-order valence-electron chi connectivity index (χ2n) is 10.2. The molecule has 2 amide bonds. The zero-order chi connectivity index (χ0) is 26.8. The quantitative estimate of drug-likeness (QED) is 0.398. The topological polar surface area (TPSA) is 148 Å². The summed E-state index contributed by atoms with van der Waals surface area (Å²) in [5.74, 6) is -2.68. The summed E-state index contributed by atoms with van der Waals surface area (Å²) >= 11 is 0. The van der Waals surface area contributed by atoms with Crippen LogP contribution in [-0.4, -0.2) is 70.3 Å². The molecule has 0 bridgehead atoms. The van der Waals surface area contributed by atoms with E-state index in [0.29, 0.717) is 12.0 Å². The van der Waals surface area contributed by atoms with Crippen molar-refractivity contribution < 1.29 is 33.8 Å². The molecule has 0 aliphatic heterocycles. The summed E-state index contributed by atoms with van der Waals surface area (Å²) in [4.78, 5) is 51.9. The summed E-state index contributed by atoms with van der Waals surface area (Å²) in [5, 5.41) is 12.1. The molecule has 0 saturated carbocycles. The van der Waals surface area contributed by atoms with Crippen LogP contribution < -0.4 is 11.1 Å². The van der Waals surface area contributed by atoms with Crippen LogP contribution in [-0.2, 0) is 30.3 Å². The van der Waals surface area contributed by atoms with Crippen molar-refractivity contribution in [2.75, 3.05) is 13.1 Å². The molecule has 0 heterocycles. The van der Waals surface area contributed by atoms with E-state index in [-0.39, 0.29) is 19.4 Å². The monoisotopic (exact) mass is 493 g/mol. The van der Waals surface area contributed by atoms with Gasteiger partial charge in [-0.1, -0.05) is 30.3 Å². The van der Waals surface area contributed by atoms with Crippen molar-refractivity contribution in [3.63, 3.8) is 0 Å². The number of hydrogen-bond donors (Lipinski definition) is 3. The van der Waals surface area contributed by atoms with E-state index in [1.807, 2.05) is 0 Å². The standard InChI is InChI=1S/C25H39N3O7/c1-24(2,3)34-20(29)16-28(23(33)35-25(4,5)6)19(15-17-11-8-7-9-12-17)21(30)27-18(22(31)32)13-10-14-26/h7-9,11-12,18-19H,10,13-16,26H2,1-6H3,(H,27,30)(H,31,32)/t18-,19-/m0/s1. The Balaban J connectivity index is 3.38. The third kappa shape index (κ3) is 11.7. The molecule has 196 valence electrons. The van der Waals surface area contributed by atoms with E-state index in [9.17, 15) is 24.3 Å². The number of nitrogens with two attached hydrogens (primary N) is 1. The van der Waals surface area contributed by atoms with Crippen LogP contribution in [0, 0.1) is 0 Å². The van der Waals surface area contributed by atoms with Crippen LogP contribution in [0.2, 0.25) is 0 Å². The molecular weight excluding hydrogens is 454 g/mol. The number of ether oxygens (including phenoxy) is 2. The maximum Gasteiger partial charge on any atom is 0.411 e. The Hall–Kier alpha value is -3.14. The first kappa shape index (κ1) is 29.9. The summed E-state index contributed by atoms with van der Waals surface area (Å²) < 4.78 is 10.9. The van der Waals surface area contributed by atoms with Gasteiger partial charge in [-0.3, -0.25) is 14.5 Å². The van der Waals surface area contributed by atoms with Crippen LogP contribution in [0.3, 0.4) is 0 Å². The molecule has 0 spiro atoms. The number of esters is 1. The van der Waals surface area contributed by atoms with E-state index >= 15 is 0 Å². The van der Waals surface area contributed by atoms with Gasteiger partial charge in [-0.05, 0) is 66.5 Å². The lowest BCUT2D eigenvalue weighted by Crippen LogP contribution is -2.56. The van der Waals surface area contributed by atoms with Gasteiger partial charge in [-0.2, -0.15) is 0 Å². The number of nitrogens with zero attached hydrogens (tertiary/aromatic N) is 1. The van der Waals surface area contributed by atoms with Gasteiger partial charge in [0.25, 0.3) is 0 Å². The normalized spacial score (nSPS) is 13.3. The molecule has 1 aromatic rings. The third-order valence-corrected chi connectivity index (χ3v) is 4.61. The molecule has 4 N–H and O–H groups in total. The Morgan fingerprint density at radius 1 is 1.00 bits per heavy atom. The Labute approximate surface area is 207 Å². The van der Waals surface area contributed by atoms with Crippen molar-refractivity contribution in [3.8, 4) is 0 Å². The average molecular weight is 494 g/mol. The van der Waals surface area contributed by atoms with E-state index in [2.05, 4.69) is 5.32 Å². The van der Waals surface area contributed by atoms with E-state index in [0.717, 1.165) is 4.90 Å². The smallest absolute Gasteiger partial charge is 0.411 e. The van der Waals surface area contributed by atoms with Crippen LogP contribution in [0.5, 0.6) is 0 Å². The minimum Gasteiger partial charge on any atom is -0.480 e. The lowest BCUT2D eigenvalue weighted by molar-refractivity contribution is -0.157. The number of hydrogen-bond acceptors (Lipinski definition) is 7. The Morgan fingerprint density at radius 2 is 1.57 bits per heavy atom. The molecule has 35 heavy (non-hydrogen) atoms. The van der Waals surface area contributed by atoms with Crippen LogP contribution in [0.4, 0.5) is 4.79 Å². The first-order valence-corrected chi connectivity index (χ1v) is 11.6. The molecule has 0 aromatic heterocycles. The lowest BCUT2D eigenvalue weighted by atomic mass is 10.0. The zero-order valence-electron chi connectivity index (χ0n) is 21.5. The van der Waals surface area contributed by atoms with Gasteiger partial charge < -0.3 is 25.6 Å². The van der Waals surface area contributed by atoms with Crippen molar-refractivity contribution in [2.24, 2.45) is 5.73 Å². The van der Waals surface area contributed by atoms with Gasteiger partial charge in [-0.15, -0.1) is 0 Å². The maximum absolute atomic E-state index is 13.4. The highest BCUT2D eigenvalue weighted by molar-refractivity contribution is 5.91. The molecule has 10 nitrogen and oxygen atoms in total. The number of benzene rings is 1. The number of carboxylic acids is 1. The molecule has 1 aromatic carbocycles. The minimum absolute atomic E-state index is 0.0257. The molecule has 10 heteroatoms. The molecule has 0 aliphatic carbocycles. The fraction of sp³-hybridized carbons (Fsp3) is 0.600. The number of rotatable bonds is 11. The van der Waals surface area contributed by atoms with E-state index in [4.69, 9.17) is 15.2 Å². The number of amides is 2. The summed E-state index contributed by atoms with van der Waals surface area (Å²) in [6.45, 7) is 9.75. The van der Waals surface area contributed by atoms with E-state index < -0.39 is 53.8 Å². The van der Waals surface area contributed by atoms with Gasteiger partial charge in [0, 0.05) is 6.42 Å². The van der Waals surface area contributed by atoms with Gasteiger partial charge in [0.15, 0.2) is 0 Å². The van der Waals surface area contributed by atoms with Crippen molar-refractivity contribution in [1.82, 2.24) is 10.2 Å². The van der Waals surface area contributed by atoms with E-state index in [1.165, 1.54) is 0 Å². The van der Waals surface area contributed by atoms with Gasteiger partial charge in [0.1, 0.15) is 29.8 Å². The van der Waals surface area contributed by atoms with Crippen molar-refractivity contribution in [1.29, 1.82) is 0 Å². The van der Waals surface area contributed by atoms with Crippen LogP contribution in [0.15, 0.2) is 30.3 Å². The highest BCUT2D eigenvalue weighted by Crippen LogP contribution is 2.17. The summed E-state index contributed by atoms with van der Waals surface area (Å²) in [7, 11) is 0. The predicted molar refractivity (Wildman–Crippen MR) is 131 cm³/mol. The number of nitrogens with one attached hydrogen (secondary N) is 1. The molecule has 2 atom stereocenters. The highest BCUT2D eigenvalue weighted by atomic mass is 16.6. The molecule has 0 fully saturated rings. The molecule has 0 aliphatic rings. The van der Waals surface area contributed by atoms with Crippen molar-refractivity contribution >= 4 is 23.9 Å². The first-order valence-electron chi connectivity index (χ1n) is 11.6. The van der Waals surface area contributed by atoms with E-state index in [1.54, 1.807) is 71.9 Å². The summed E-state index contributed by atoms with van der Waals surface area (Å²) in [5.41, 5.74) is 4.49. The molecule has 0 saturated heterocycles. The minimum atomic E-state index is -1.24. The fourth-order valence-electron chi connectivity index (χ4n) is 3.16. The number of carboxylic acid groups (broad SMARTS) is 1. The van der Waals surface area contributed by atoms with Crippen molar-refractivity contribution in [3.05, 3.63) is 35.9 Å². The van der Waals surface area contributed by atoms with Gasteiger partial charge >= 0.3 is 18.0 Å². The zero-order valence-corrected chi connectivity index (χ0v) is 21.5. The number of aliphatic carboxylic acids is 1. The van der Waals surface area contributed by atoms with Crippen molar-refractivity contribution in [2.45, 2.75) is 84.1 Å². The highest BCUT2D eigenvalue weighted by Gasteiger charge is 2.37. The Morgan fingerprint density at radius 3 is 2.06 bits per heavy atom. The number of carbonyl (C=O) groups excluding carboxylic acids is 3. The van der Waals surface area contributed by atoms with Gasteiger partial charge in [-0.25, -0.2) is 9.59 Å². The fourth-order valence-corrected chi connectivity index (χ4v) is 3.16. The van der Waals surface area contributed by atoms with Crippen LogP contribution >= 0.6 is 0 Å². The van der Waals surface area contributed by atoms with Crippen LogP contribution in [0.1, 0.15) is 59.9 Å². The van der Waals surface area contributed by atoms with Crippen LogP contribution in [0.25, 0.3) is 0 Å². The third-order valence-electron chi connectivity index (χ3n) is 4.61. The average Bonchev–Trinajstić information content (AvgIpc) is 2.71. The SMILES string of the molecule is CC(C)(C)OC(=O)CN(C(=O)OC(C)(C)C)[C@@H](Cc1ccccc1)C(=O)N[C@@H](CCCN)C(=O)O. The molecule has 1 rings (SSSR count). The second-order valence-corrected chi connectivity index (χ2v) is 10.2. The summed E-state index contributed by atoms with van der Waals surface area (Å²) in [6.07, 6.45) is -0.367. The van der Waals surface area contributed by atoms with Gasteiger partial charge in [0.05, 0.1) is 0 Å². The molecular formula is C25H39N3O7. The Bertz CT molecular complexity index is 860. The molecule has 0 unspecified atom stereocenters.